The van der Waals surface area contributed by atoms with Gasteiger partial charge >= 0.3 is 5.97 Å². The summed E-state index contributed by atoms with van der Waals surface area (Å²) in [7, 11) is -2.32. The summed E-state index contributed by atoms with van der Waals surface area (Å²) in [4.78, 5) is 11.5. The molecule has 3 rings (SSSR count). The zero-order valence-corrected chi connectivity index (χ0v) is 18.8. The summed E-state index contributed by atoms with van der Waals surface area (Å²) in [6.07, 6.45) is -1.08. The highest BCUT2D eigenvalue weighted by atomic mass is 32.2. The van der Waals surface area contributed by atoms with E-state index in [0.717, 1.165) is 5.56 Å². The minimum atomic E-state index is -3.63. The number of esters is 1. The number of rotatable bonds is 9. The van der Waals surface area contributed by atoms with Crippen LogP contribution in [0, 0.1) is 0 Å². The topological polar surface area (TPSA) is 88.1 Å². The number of hydrogen-bond donors (Lipinski definition) is 0. The molecule has 0 radical (unpaired) electrons. The third-order valence-corrected chi connectivity index (χ3v) is 6.68. The number of ether oxygens (including phenoxy) is 4. The molecule has 2 unspecified atom stereocenters. The first-order valence-electron chi connectivity index (χ1n) is 10.0. The van der Waals surface area contributed by atoms with Gasteiger partial charge in [0.1, 0.15) is 12.2 Å². The Balaban J connectivity index is 1.64. The molecule has 168 valence electrons. The van der Waals surface area contributed by atoms with Gasteiger partial charge in [0.15, 0.2) is 15.6 Å². The van der Waals surface area contributed by atoms with Crippen molar-refractivity contribution in [1.82, 2.24) is 0 Å². The molecule has 0 amide bonds. The van der Waals surface area contributed by atoms with Gasteiger partial charge in [0.2, 0.25) is 0 Å². The second kappa shape index (κ2) is 9.91. The molecular weight excluding hydrogens is 420 g/mol. The number of carbonyl (C=O) groups excluding carboxylic acids is 1. The Kier molecular flexibility index (Phi) is 7.48. The molecule has 0 bridgehead atoms. The van der Waals surface area contributed by atoms with Gasteiger partial charge in [-0.1, -0.05) is 42.5 Å². The summed E-state index contributed by atoms with van der Waals surface area (Å²) in [5, 5.41) is 0. The lowest BCUT2D eigenvalue weighted by Crippen LogP contribution is -2.34. The van der Waals surface area contributed by atoms with E-state index in [-0.39, 0.29) is 29.6 Å². The molecule has 31 heavy (non-hydrogen) atoms. The van der Waals surface area contributed by atoms with Crippen LogP contribution in [0.2, 0.25) is 0 Å². The van der Waals surface area contributed by atoms with E-state index in [9.17, 15) is 13.2 Å². The normalized spacial score (nSPS) is 20.5. The summed E-state index contributed by atoms with van der Waals surface area (Å²) < 4.78 is 48.1. The van der Waals surface area contributed by atoms with Crippen molar-refractivity contribution in [3.05, 3.63) is 65.7 Å². The fraction of sp³-hybridized carbons (Fsp3) is 0.435. The first-order valence-corrected chi connectivity index (χ1v) is 11.7. The molecule has 1 aliphatic heterocycles. The van der Waals surface area contributed by atoms with Gasteiger partial charge in [-0.05, 0) is 37.1 Å². The quantitative estimate of drug-likeness (QED) is 0.545. The third kappa shape index (κ3) is 6.61. The predicted molar refractivity (Wildman–Crippen MR) is 114 cm³/mol. The molecule has 1 fully saturated rings. The Hall–Kier alpha value is -2.26. The summed E-state index contributed by atoms with van der Waals surface area (Å²) in [6.45, 7) is 4.13. The maximum Gasteiger partial charge on any atom is 0.309 e. The van der Waals surface area contributed by atoms with Gasteiger partial charge in [-0.25, -0.2) is 8.42 Å². The van der Waals surface area contributed by atoms with Gasteiger partial charge < -0.3 is 18.9 Å². The van der Waals surface area contributed by atoms with Crippen molar-refractivity contribution in [2.75, 3.05) is 19.5 Å². The first-order chi connectivity index (χ1) is 14.7. The van der Waals surface area contributed by atoms with E-state index in [1.165, 1.54) is 19.2 Å². The van der Waals surface area contributed by atoms with Crippen LogP contribution >= 0.6 is 0 Å². The molecule has 0 aliphatic carbocycles. The van der Waals surface area contributed by atoms with E-state index < -0.39 is 27.8 Å². The second-order valence-electron chi connectivity index (χ2n) is 7.89. The average Bonchev–Trinajstić information content (AvgIpc) is 3.01. The number of carbonyl (C=O) groups is 1. The molecule has 1 saturated heterocycles. The van der Waals surface area contributed by atoms with Crippen molar-refractivity contribution in [2.45, 2.75) is 49.8 Å². The van der Waals surface area contributed by atoms with Crippen LogP contribution in [-0.2, 0) is 46.6 Å². The SMILES string of the molecule is COC(=O)Cc1ccc(S(=O)(=O)CC2OC(C)(C)OC2COCc2ccccc2)cc1. The minimum absolute atomic E-state index is 0.0887. The van der Waals surface area contributed by atoms with Crippen LogP contribution in [0.4, 0.5) is 0 Å². The van der Waals surface area contributed by atoms with Crippen molar-refractivity contribution in [3.63, 3.8) is 0 Å². The summed E-state index contributed by atoms with van der Waals surface area (Å²) in [5.74, 6) is -1.51. The average molecular weight is 449 g/mol. The Labute approximate surface area is 183 Å². The van der Waals surface area contributed by atoms with Gasteiger partial charge in [0.05, 0.1) is 37.4 Å². The van der Waals surface area contributed by atoms with Crippen molar-refractivity contribution in [3.8, 4) is 0 Å². The molecule has 1 aliphatic rings. The number of methoxy groups -OCH3 is 1. The molecule has 2 atom stereocenters. The summed E-state index contributed by atoms with van der Waals surface area (Å²) in [6, 6.07) is 15.9. The van der Waals surface area contributed by atoms with Crippen molar-refractivity contribution in [1.29, 1.82) is 0 Å². The Morgan fingerprint density at radius 2 is 1.61 bits per heavy atom. The van der Waals surface area contributed by atoms with E-state index in [0.29, 0.717) is 12.2 Å². The fourth-order valence-corrected chi connectivity index (χ4v) is 4.88. The van der Waals surface area contributed by atoms with Crippen LogP contribution in [-0.4, -0.2) is 51.9 Å². The van der Waals surface area contributed by atoms with E-state index in [2.05, 4.69) is 4.74 Å². The molecule has 2 aromatic carbocycles. The van der Waals surface area contributed by atoms with Crippen molar-refractivity contribution in [2.24, 2.45) is 0 Å². The largest absolute Gasteiger partial charge is 0.469 e. The van der Waals surface area contributed by atoms with E-state index in [4.69, 9.17) is 14.2 Å². The fourth-order valence-electron chi connectivity index (χ4n) is 3.42. The van der Waals surface area contributed by atoms with E-state index in [1.807, 2.05) is 30.3 Å². The molecule has 0 N–H and O–H groups in total. The van der Waals surface area contributed by atoms with E-state index >= 15 is 0 Å². The number of hydrogen-bond acceptors (Lipinski definition) is 7. The molecule has 0 saturated carbocycles. The standard InChI is InChI=1S/C23H28O7S/c1-23(2)29-20(15-28-14-18-7-5-4-6-8-18)21(30-23)16-31(25,26)19-11-9-17(10-12-19)13-22(24)27-3/h4-12,20-21H,13-16H2,1-3H3. The highest BCUT2D eigenvalue weighted by Gasteiger charge is 2.43. The highest BCUT2D eigenvalue weighted by Crippen LogP contribution is 2.30. The molecule has 7 nitrogen and oxygen atoms in total. The van der Waals surface area contributed by atoms with Crippen LogP contribution in [0.1, 0.15) is 25.0 Å². The smallest absolute Gasteiger partial charge is 0.309 e. The molecule has 0 spiro atoms. The zero-order chi connectivity index (χ0) is 22.5. The number of sulfone groups is 1. The van der Waals surface area contributed by atoms with Gasteiger partial charge in [0.25, 0.3) is 0 Å². The van der Waals surface area contributed by atoms with Crippen LogP contribution in [0.3, 0.4) is 0 Å². The first kappa shape index (κ1) is 23.4. The minimum Gasteiger partial charge on any atom is -0.469 e. The van der Waals surface area contributed by atoms with Crippen molar-refractivity contribution < 1.29 is 32.2 Å². The van der Waals surface area contributed by atoms with E-state index in [1.54, 1.807) is 26.0 Å². The molecule has 2 aromatic rings. The Bertz CT molecular complexity index is 969. The van der Waals surface area contributed by atoms with Gasteiger partial charge in [-0.2, -0.15) is 0 Å². The van der Waals surface area contributed by atoms with Crippen LogP contribution in [0.25, 0.3) is 0 Å². The van der Waals surface area contributed by atoms with Gasteiger partial charge in [-0.15, -0.1) is 0 Å². The van der Waals surface area contributed by atoms with Gasteiger partial charge in [-0.3, -0.25) is 4.79 Å². The summed E-state index contributed by atoms with van der Waals surface area (Å²) >= 11 is 0. The molecular formula is C23H28O7S. The highest BCUT2D eigenvalue weighted by molar-refractivity contribution is 7.91. The maximum atomic E-state index is 13.0. The molecule has 1 heterocycles. The van der Waals surface area contributed by atoms with Crippen LogP contribution in [0.15, 0.2) is 59.5 Å². The Morgan fingerprint density at radius 1 is 0.968 bits per heavy atom. The maximum absolute atomic E-state index is 13.0. The lowest BCUT2D eigenvalue weighted by molar-refractivity contribution is -0.150. The second-order valence-corrected chi connectivity index (χ2v) is 9.93. The van der Waals surface area contributed by atoms with Crippen molar-refractivity contribution >= 4 is 15.8 Å². The monoisotopic (exact) mass is 448 g/mol. The summed E-state index contributed by atoms with van der Waals surface area (Å²) in [5.41, 5.74) is 1.71. The molecule has 8 heteroatoms. The van der Waals surface area contributed by atoms with Gasteiger partial charge in [0, 0.05) is 0 Å². The Morgan fingerprint density at radius 3 is 2.26 bits per heavy atom. The van der Waals surface area contributed by atoms with Crippen LogP contribution in [0.5, 0.6) is 0 Å². The molecule has 0 aromatic heterocycles. The zero-order valence-electron chi connectivity index (χ0n) is 17.9. The predicted octanol–water partition coefficient (Wildman–Crippen LogP) is 2.91. The van der Waals surface area contributed by atoms with Crippen LogP contribution < -0.4 is 0 Å². The lowest BCUT2D eigenvalue weighted by Gasteiger charge is -2.17. The lowest BCUT2D eigenvalue weighted by atomic mass is 10.2. The third-order valence-electron chi connectivity index (χ3n) is 4.92. The number of benzene rings is 2.